The van der Waals surface area contributed by atoms with Crippen LogP contribution in [-0.2, 0) is 16.4 Å². The van der Waals surface area contributed by atoms with E-state index in [2.05, 4.69) is 15.5 Å². The summed E-state index contributed by atoms with van der Waals surface area (Å²) in [6, 6.07) is 15.8. The van der Waals surface area contributed by atoms with Gasteiger partial charge < -0.3 is 0 Å². The minimum Gasteiger partial charge on any atom is -0.296 e. The number of fused-ring (bicyclic) bond motifs is 1. The van der Waals surface area contributed by atoms with Gasteiger partial charge in [0.25, 0.3) is 20.3 Å². The number of carbonyl (C=O) groups excluding carboxylic acids is 1. The average molecular weight is 400 g/mol. The Morgan fingerprint density at radius 3 is 2.59 bits per heavy atom. The van der Waals surface area contributed by atoms with Gasteiger partial charge in [-0.3, -0.25) is 14.4 Å². The van der Waals surface area contributed by atoms with E-state index in [1.165, 1.54) is 4.31 Å². The van der Waals surface area contributed by atoms with Crippen LogP contribution in [-0.4, -0.2) is 30.6 Å². The number of hydrogen-bond acceptors (Lipinski definition) is 6. The summed E-state index contributed by atoms with van der Waals surface area (Å²) in [7, 11) is -3.85. The topological polar surface area (TPSA) is 92.3 Å². The fraction of sp³-hybridized carbons (Fsp3) is 0.167. The van der Waals surface area contributed by atoms with Crippen molar-refractivity contribution in [1.29, 1.82) is 0 Å². The van der Waals surface area contributed by atoms with Crippen molar-refractivity contribution in [3.8, 4) is 0 Å². The predicted octanol–water partition coefficient (Wildman–Crippen LogP) is 2.93. The molecule has 2 heterocycles. The second-order valence-electron chi connectivity index (χ2n) is 6.18. The normalized spacial score (nSPS) is 16.2. The van der Waals surface area contributed by atoms with Crippen molar-refractivity contribution in [2.75, 3.05) is 9.62 Å². The maximum atomic E-state index is 13.1. The van der Waals surface area contributed by atoms with Gasteiger partial charge in [-0.15, -0.1) is 10.2 Å². The molecule has 0 aliphatic carbocycles. The van der Waals surface area contributed by atoms with E-state index < -0.39 is 10.0 Å². The van der Waals surface area contributed by atoms with Crippen molar-refractivity contribution in [2.45, 2.75) is 23.7 Å². The Kier molecular flexibility index (Phi) is 4.40. The van der Waals surface area contributed by atoms with Crippen LogP contribution in [0, 0.1) is 0 Å². The SMILES string of the molecule is C[C@@H]1Cc2ccccc2N1S(=O)(=O)c1nnc(NC(=O)c2ccccc2)s1. The van der Waals surface area contributed by atoms with Gasteiger partial charge in [0.05, 0.1) is 5.69 Å². The lowest BCUT2D eigenvalue weighted by Gasteiger charge is -2.22. The molecule has 0 bridgehead atoms. The molecule has 0 unspecified atom stereocenters. The van der Waals surface area contributed by atoms with Gasteiger partial charge in [0.15, 0.2) is 0 Å². The van der Waals surface area contributed by atoms with Gasteiger partial charge >= 0.3 is 0 Å². The van der Waals surface area contributed by atoms with E-state index in [0.717, 1.165) is 16.9 Å². The molecule has 4 rings (SSSR count). The highest BCUT2D eigenvalue weighted by Gasteiger charge is 2.38. The van der Waals surface area contributed by atoms with Gasteiger partial charge in [-0.05, 0) is 37.1 Å². The monoisotopic (exact) mass is 400 g/mol. The average Bonchev–Trinajstić information content (AvgIpc) is 3.26. The third-order valence-corrected chi connectivity index (χ3v) is 7.40. The molecular weight excluding hydrogens is 384 g/mol. The van der Waals surface area contributed by atoms with Gasteiger partial charge in [0.1, 0.15) is 0 Å². The summed E-state index contributed by atoms with van der Waals surface area (Å²) in [6.45, 7) is 1.86. The highest BCUT2D eigenvalue weighted by Crippen LogP contribution is 2.37. The van der Waals surface area contributed by atoms with E-state index in [-0.39, 0.29) is 21.4 Å². The Morgan fingerprint density at radius 2 is 1.81 bits per heavy atom. The summed E-state index contributed by atoms with van der Waals surface area (Å²) in [4.78, 5) is 12.2. The molecule has 1 amide bonds. The van der Waals surface area contributed by atoms with E-state index in [4.69, 9.17) is 0 Å². The van der Waals surface area contributed by atoms with Crippen LogP contribution in [0.4, 0.5) is 10.8 Å². The van der Waals surface area contributed by atoms with Gasteiger partial charge in [-0.2, -0.15) is 8.42 Å². The second kappa shape index (κ2) is 6.75. The number of benzene rings is 2. The predicted molar refractivity (Wildman–Crippen MR) is 104 cm³/mol. The highest BCUT2D eigenvalue weighted by molar-refractivity contribution is 7.94. The molecule has 1 atom stereocenters. The minimum atomic E-state index is -3.85. The van der Waals surface area contributed by atoms with Crippen molar-refractivity contribution in [1.82, 2.24) is 10.2 Å². The number of nitrogens with one attached hydrogen (secondary N) is 1. The maximum absolute atomic E-state index is 13.1. The zero-order chi connectivity index (χ0) is 19.0. The molecule has 1 aliphatic heterocycles. The zero-order valence-corrected chi connectivity index (χ0v) is 16.0. The largest absolute Gasteiger partial charge is 0.296 e. The number of anilines is 2. The van der Waals surface area contributed by atoms with Crippen LogP contribution in [0.15, 0.2) is 58.9 Å². The number of sulfonamides is 1. The first kappa shape index (κ1) is 17.6. The number of rotatable bonds is 4. The Bertz CT molecular complexity index is 1100. The molecule has 27 heavy (non-hydrogen) atoms. The van der Waals surface area contributed by atoms with Gasteiger partial charge in [0, 0.05) is 11.6 Å². The first-order valence-electron chi connectivity index (χ1n) is 8.29. The maximum Gasteiger partial charge on any atom is 0.293 e. The van der Waals surface area contributed by atoms with Crippen molar-refractivity contribution < 1.29 is 13.2 Å². The van der Waals surface area contributed by atoms with Crippen LogP contribution in [0.2, 0.25) is 0 Å². The van der Waals surface area contributed by atoms with E-state index in [1.807, 2.05) is 31.2 Å². The van der Waals surface area contributed by atoms with Crippen molar-refractivity contribution in [3.63, 3.8) is 0 Å². The fourth-order valence-electron chi connectivity index (χ4n) is 3.11. The lowest BCUT2D eigenvalue weighted by atomic mass is 10.1. The number of carbonyl (C=O) groups is 1. The number of para-hydroxylation sites is 1. The smallest absolute Gasteiger partial charge is 0.293 e. The summed E-state index contributed by atoms with van der Waals surface area (Å²) in [6.07, 6.45) is 0.645. The van der Waals surface area contributed by atoms with Crippen LogP contribution in [0.5, 0.6) is 0 Å². The minimum absolute atomic E-state index is 0.141. The van der Waals surface area contributed by atoms with Crippen LogP contribution in [0.25, 0.3) is 0 Å². The molecule has 1 N–H and O–H groups in total. The number of nitrogens with zero attached hydrogens (tertiary/aromatic N) is 3. The molecule has 0 spiro atoms. The Balaban J connectivity index is 1.60. The summed E-state index contributed by atoms with van der Waals surface area (Å²) in [5.41, 5.74) is 2.10. The number of aromatic nitrogens is 2. The van der Waals surface area contributed by atoms with Gasteiger partial charge in [0.2, 0.25) is 5.13 Å². The fourth-order valence-corrected chi connectivity index (χ4v) is 5.78. The Morgan fingerprint density at radius 1 is 1.11 bits per heavy atom. The van der Waals surface area contributed by atoms with Crippen LogP contribution < -0.4 is 9.62 Å². The molecule has 0 saturated carbocycles. The van der Waals surface area contributed by atoms with E-state index in [1.54, 1.807) is 30.3 Å². The van der Waals surface area contributed by atoms with Crippen LogP contribution >= 0.6 is 11.3 Å². The van der Waals surface area contributed by atoms with Gasteiger partial charge in [-0.1, -0.05) is 47.7 Å². The Hall–Kier alpha value is -2.78. The first-order valence-corrected chi connectivity index (χ1v) is 10.5. The molecule has 0 saturated heterocycles. The molecule has 9 heteroatoms. The van der Waals surface area contributed by atoms with E-state index >= 15 is 0 Å². The third-order valence-electron chi connectivity index (χ3n) is 4.29. The highest BCUT2D eigenvalue weighted by atomic mass is 32.2. The quantitative estimate of drug-likeness (QED) is 0.680. The third kappa shape index (κ3) is 3.19. The summed E-state index contributed by atoms with van der Waals surface area (Å²) >= 11 is 0.843. The summed E-state index contributed by atoms with van der Waals surface area (Å²) in [5, 5.41) is 10.4. The zero-order valence-electron chi connectivity index (χ0n) is 14.4. The van der Waals surface area contributed by atoms with Crippen LogP contribution in [0.1, 0.15) is 22.8 Å². The lowest BCUT2D eigenvalue weighted by Crippen LogP contribution is -2.35. The lowest BCUT2D eigenvalue weighted by molar-refractivity contribution is 0.102. The first-order chi connectivity index (χ1) is 13.0. The Labute approximate surface area is 160 Å². The van der Waals surface area contributed by atoms with Crippen molar-refractivity contribution >= 4 is 38.1 Å². The number of hydrogen-bond donors (Lipinski definition) is 1. The summed E-state index contributed by atoms with van der Waals surface area (Å²) in [5.74, 6) is -0.365. The number of amides is 1. The molecule has 3 aromatic rings. The molecule has 1 aromatic heterocycles. The molecule has 0 fully saturated rings. The molecule has 138 valence electrons. The summed E-state index contributed by atoms with van der Waals surface area (Å²) < 4.78 is 27.4. The van der Waals surface area contributed by atoms with Crippen molar-refractivity contribution in [2.24, 2.45) is 0 Å². The molecule has 2 aromatic carbocycles. The van der Waals surface area contributed by atoms with E-state index in [0.29, 0.717) is 17.7 Å². The molecule has 1 aliphatic rings. The molecular formula is C18H16N4O3S2. The molecule has 7 nitrogen and oxygen atoms in total. The van der Waals surface area contributed by atoms with E-state index in [9.17, 15) is 13.2 Å². The molecule has 0 radical (unpaired) electrons. The van der Waals surface area contributed by atoms with Crippen LogP contribution in [0.3, 0.4) is 0 Å². The standard InChI is InChI=1S/C18H16N4O3S2/c1-12-11-14-9-5-6-10-15(14)22(12)27(24,25)18-21-20-17(26-18)19-16(23)13-7-3-2-4-8-13/h2-10,12H,11H2,1H3,(H,19,20,23)/t12-/m1/s1. The second-order valence-corrected chi connectivity index (χ2v) is 9.14. The van der Waals surface area contributed by atoms with Gasteiger partial charge in [-0.25, -0.2) is 0 Å². The van der Waals surface area contributed by atoms with Crippen molar-refractivity contribution in [3.05, 3.63) is 65.7 Å².